The second-order valence-electron chi connectivity index (χ2n) is 2.89. The molecule has 0 bridgehead atoms. The number of halogens is 12. The summed E-state index contributed by atoms with van der Waals surface area (Å²) in [5.74, 6) is -7.03. The molecule has 0 heterocycles. The minimum atomic E-state index is -7.03. The zero-order valence-electron chi connectivity index (χ0n) is 9.02. The van der Waals surface area contributed by atoms with E-state index >= 15 is 0 Å². The van der Waals surface area contributed by atoms with Crippen LogP contribution in [0.4, 0.5) is 52.5 Å². The van der Waals surface area contributed by atoms with Crippen molar-refractivity contribution in [3.63, 3.8) is 0 Å². The average molecular weight is 354 g/mol. The summed E-state index contributed by atoms with van der Waals surface area (Å²) in [5.41, 5.74) is -3.96. The van der Waals surface area contributed by atoms with E-state index in [4.69, 9.17) is 0 Å². The molecule has 0 N–H and O–H groups in total. The topological polar surface area (TPSA) is 9.23 Å². The fourth-order valence-electron chi connectivity index (χ4n) is 0.519. The number of alkyl halides is 7. The molecule has 20 heavy (non-hydrogen) atoms. The Morgan fingerprint density at radius 1 is 0.800 bits per heavy atom. The van der Waals surface area contributed by atoms with Crippen molar-refractivity contribution >= 4 is 6.98 Å². The number of rotatable bonds is 4. The maximum absolute atomic E-state index is 12.2. The predicted octanol–water partition coefficient (Wildman–Crippen LogP) is 1.29. The van der Waals surface area contributed by atoms with Gasteiger partial charge in [0.2, 0.25) is 0 Å². The summed E-state index contributed by atoms with van der Waals surface area (Å²) in [7, 11) is 0. The van der Waals surface area contributed by atoms with E-state index in [1.165, 1.54) is 0 Å². The van der Waals surface area contributed by atoms with Crippen LogP contribution in [0.5, 0.6) is 0 Å². The molecule has 0 aliphatic heterocycles. The third-order valence-corrected chi connectivity index (χ3v) is 1.41. The zero-order valence-corrected chi connectivity index (χ0v) is 12.1. The second kappa shape index (κ2) is 6.66. The van der Waals surface area contributed by atoms with Crippen LogP contribution in [0, 0.1) is 0 Å². The predicted molar refractivity (Wildman–Crippen MR) is 35.4 cm³/mol. The van der Waals surface area contributed by atoms with Crippen molar-refractivity contribution in [2.45, 2.75) is 18.2 Å². The first kappa shape index (κ1) is 22.7. The molecule has 0 fully saturated rings. The fourth-order valence-corrected chi connectivity index (χ4v) is 0.519. The van der Waals surface area contributed by atoms with Gasteiger partial charge in [0.15, 0.2) is 0 Å². The molecule has 15 heteroatoms. The first-order valence-corrected chi connectivity index (χ1v) is 3.80. The van der Waals surface area contributed by atoms with Crippen molar-refractivity contribution in [1.29, 1.82) is 0 Å². The Hall–Kier alpha value is 0.401. The van der Waals surface area contributed by atoms with Gasteiger partial charge in [-0.3, -0.25) is 0 Å². The Balaban J connectivity index is 0. The van der Waals surface area contributed by atoms with Gasteiger partial charge in [-0.25, -0.2) is 4.39 Å². The van der Waals surface area contributed by atoms with Crippen LogP contribution in [-0.4, -0.2) is 25.2 Å². The smallest absolute Gasteiger partial charge is 0.443 e. The quantitative estimate of drug-likeness (QED) is 0.420. The molecule has 0 aromatic rings. The SMILES string of the molecule is F/C(OC(F)(F)C(F)(F)C(F)(F)F)=C(/F)[B-](F)(F)F.[K+]. The van der Waals surface area contributed by atoms with Crippen molar-refractivity contribution in [3.05, 3.63) is 11.7 Å². The minimum absolute atomic E-state index is 0. The summed E-state index contributed by atoms with van der Waals surface area (Å²) < 4.78 is 143. The van der Waals surface area contributed by atoms with Crippen LogP contribution in [0.25, 0.3) is 0 Å². The molecule has 0 aromatic carbocycles. The zero-order chi connectivity index (χ0) is 15.9. The van der Waals surface area contributed by atoms with E-state index in [0.29, 0.717) is 0 Å². The molecule has 0 aliphatic carbocycles. The molecule has 0 atom stereocenters. The van der Waals surface area contributed by atoms with Gasteiger partial charge in [0.05, 0.1) is 0 Å². The Morgan fingerprint density at radius 3 is 1.40 bits per heavy atom. The molecule has 0 rings (SSSR count). The summed E-state index contributed by atoms with van der Waals surface area (Å²) >= 11 is 0. The molecular weight excluding hydrogens is 354 g/mol. The van der Waals surface area contributed by atoms with Crippen LogP contribution in [-0.2, 0) is 4.74 Å². The van der Waals surface area contributed by atoms with Crippen molar-refractivity contribution in [3.8, 4) is 0 Å². The summed E-state index contributed by atoms with van der Waals surface area (Å²) in [6.45, 7) is -6.89. The van der Waals surface area contributed by atoms with Gasteiger partial charge in [-0.1, -0.05) is 0 Å². The molecular formula is C5BF12KO. The molecule has 0 aromatic heterocycles. The monoisotopic (exact) mass is 354 g/mol. The van der Waals surface area contributed by atoms with Gasteiger partial charge in [0.1, 0.15) is 5.73 Å². The molecule has 0 unspecified atom stereocenters. The van der Waals surface area contributed by atoms with Crippen molar-refractivity contribution < 1.29 is 109 Å². The second-order valence-corrected chi connectivity index (χ2v) is 2.89. The third-order valence-electron chi connectivity index (χ3n) is 1.41. The molecule has 0 aliphatic rings. The molecule has 0 amide bonds. The van der Waals surface area contributed by atoms with E-state index in [1.54, 1.807) is 0 Å². The normalized spacial score (nSPS) is 15.4. The third kappa shape index (κ3) is 4.99. The van der Waals surface area contributed by atoms with E-state index in [1.807, 2.05) is 4.74 Å². The van der Waals surface area contributed by atoms with E-state index in [-0.39, 0.29) is 51.4 Å². The van der Waals surface area contributed by atoms with Crippen LogP contribution >= 0.6 is 0 Å². The van der Waals surface area contributed by atoms with E-state index < -0.39 is 36.9 Å². The van der Waals surface area contributed by atoms with E-state index in [2.05, 4.69) is 0 Å². The maximum Gasteiger partial charge on any atom is 1.00 e. The van der Waals surface area contributed by atoms with Crippen molar-refractivity contribution in [2.24, 2.45) is 0 Å². The van der Waals surface area contributed by atoms with Crippen LogP contribution in [0.3, 0.4) is 0 Å². The van der Waals surface area contributed by atoms with E-state index in [9.17, 15) is 52.5 Å². The fraction of sp³-hybridized carbons (Fsp3) is 0.600. The van der Waals surface area contributed by atoms with Crippen LogP contribution in [0.2, 0.25) is 0 Å². The van der Waals surface area contributed by atoms with Gasteiger partial charge in [-0.05, 0) is 0 Å². The number of hydrogen-bond donors (Lipinski definition) is 0. The Morgan fingerprint density at radius 2 is 1.15 bits per heavy atom. The largest absolute Gasteiger partial charge is 1.00 e. The maximum atomic E-state index is 12.2. The Labute approximate surface area is 144 Å². The van der Waals surface area contributed by atoms with Crippen molar-refractivity contribution in [1.82, 2.24) is 0 Å². The molecule has 114 valence electrons. The Bertz CT molecular complexity index is 369. The van der Waals surface area contributed by atoms with Gasteiger partial charge < -0.3 is 17.7 Å². The van der Waals surface area contributed by atoms with Gasteiger partial charge in [-0.15, -0.1) is 0 Å². The molecule has 1 nitrogen and oxygen atoms in total. The van der Waals surface area contributed by atoms with Gasteiger partial charge in [-0.2, -0.15) is 35.1 Å². The standard InChI is InChI=1S/C5BF12O.K/c7-1(6(16,17)18)2(8)19-5(14,15)3(9,10)4(11,12)13;/q-1;+1/b2-1-;. The van der Waals surface area contributed by atoms with Crippen molar-refractivity contribution in [2.75, 3.05) is 0 Å². The summed E-state index contributed by atoms with van der Waals surface area (Å²) in [6, 6.07) is -3.93. The van der Waals surface area contributed by atoms with Gasteiger partial charge in [0, 0.05) is 0 Å². The van der Waals surface area contributed by atoms with E-state index in [0.717, 1.165) is 0 Å². The van der Waals surface area contributed by atoms with Gasteiger partial charge >= 0.3 is 76.6 Å². The summed E-state index contributed by atoms with van der Waals surface area (Å²) in [5, 5.41) is 0. The number of hydrogen-bond acceptors (Lipinski definition) is 1. The molecule has 0 radical (unpaired) electrons. The van der Waals surface area contributed by atoms with Crippen LogP contribution in [0.1, 0.15) is 0 Å². The van der Waals surface area contributed by atoms with Crippen LogP contribution < -0.4 is 51.4 Å². The molecule has 0 saturated heterocycles. The molecule has 0 saturated carbocycles. The Kier molecular flexibility index (Phi) is 7.55. The summed E-state index contributed by atoms with van der Waals surface area (Å²) in [4.78, 5) is 0. The average Bonchev–Trinajstić information content (AvgIpc) is 2.12. The minimum Gasteiger partial charge on any atom is -0.443 e. The summed E-state index contributed by atoms with van der Waals surface area (Å²) in [6.07, 6.45) is -13.7. The first-order chi connectivity index (χ1) is 8.04. The van der Waals surface area contributed by atoms with Gasteiger partial charge in [0.25, 0.3) is 6.01 Å². The number of ether oxygens (including phenoxy) is 1. The molecule has 0 spiro atoms. The van der Waals surface area contributed by atoms with Crippen LogP contribution in [0.15, 0.2) is 11.7 Å². The first-order valence-electron chi connectivity index (χ1n) is 3.80.